The molecular weight excluding hydrogens is 689 g/mol. The van der Waals surface area contributed by atoms with Gasteiger partial charge in [0.2, 0.25) is 0 Å². The van der Waals surface area contributed by atoms with Gasteiger partial charge >= 0.3 is 5.69 Å². The number of alkyl halides is 1. The molecule has 1 N–H and O–H groups in total. The number of unbranched alkanes of at least 4 members (excludes halogenated alkanes) is 1. The van der Waals surface area contributed by atoms with Gasteiger partial charge in [-0.15, -0.1) is 0 Å². The van der Waals surface area contributed by atoms with Gasteiger partial charge in [-0.3, -0.25) is 33.8 Å². The van der Waals surface area contributed by atoms with E-state index in [-0.39, 0.29) is 17.7 Å². The van der Waals surface area contributed by atoms with Gasteiger partial charge in [-0.1, -0.05) is 31.5 Å². The first-order chi connectivity index (χ1) is 26.2. The molecule has 7 rings (SSSR count). The van der Waals surface area contributed by atoms with E-state index >= 15 is 4.39 Å². The van der Waals surface area contributed by atoms with Gasteiger partial charge in [-0.2, -0.15) is 0 Å². The Balaban J connectivity index is 0.874. The summed E-state index contributed by atoms with van der Waals surface area (Å²) in [5.74, 6) is 1.12. The van der Waals surface area contributed by atoms with Crippen molar-refractivity contribution in [2.24, 2.45) is 5.92 Å². The summed E-state index contributed by atoms with van der Waals surface area (Å²) in [5.41, 5.74) is 1.20. The molecular formula is C41H48FN7O5. The highest BCUT2D eigenvalue weighted by atomic mass is 19.1. The Bertz CT molecular complexity index is 2290. The topological polar surface area (TPSA) is 127 Å². The number of piperidine rings is 2. The highest BCUT2D eigenvalue weighted by molar-refractivity contribution is 5.95. The molecule has 284 valence electrons. The number of aromatic amines is 1. The Morgan fingerprint density at radius 3 is 2.39 bits per heavy atom. The number of benzene rings is 1. The summed E-state index contributed by atoms with van der Waals surface area (Å²) in [7, 11) is 0. The zero-order valence-electron chi connectivity index (χ0n) is 30.7. The zero-order valence-corrected chi connectivity index (χ0v) is 30.7. The molecule has 54 heavy (non-hydrogen) atoms. The molecule has 0 bridgehead atoms. The van der Waals surface area contributed by atoms with Gasteiger partial charge in [0.15, 0.2) is 0 Å². The van der Waals surface area contributed by atoms with E-state index in [4.69, 9.17) is 4.74 Å². The highest BCUT2D eigenvalue weighted by Gasteiger charge is 2.32. The summed E-state index contributed by atoms with van der Waals surface area (Å²) < 4.78 is 26.5. The van der Waals surface area contributed by atoms with Crippen LogP contribution in [0.5, 0.6) is 5.75 Å². The molecule has 1 aromatic carbocycles. The number of halogens is 1. The van der Waals surface area contributed by atoms with Crippen LogP contribution in [0, 0.1) is 5.92 Å². The van der Waals surface area contributed by atoms with E-state index in [9.17, 15) is 19.2 Å². The second-order valence-corrected chi connectivity index (χ2v) is 14.6. The molecule has 0 spiro atoms. The minimum absolute atomic E-state index is 0.0303. The minimum Gasteiger partial charge on any atom is -0.487 e. The van der Waals surface area contributed by atoms with Gasteiger partial charge in [-0.25, -0.2) is 9.18 Å². The molecule has 2 atom stereocenters. The van der Waals surface area contributed by atoms with E-state index in [1.807, 2.05) is 42.6 Å². The van der Waals surface area contributed by atoms with Gasteiger partial charge in [0.1, 0.15) is 18.0 Å². The van der Waals surface area contributed by atoms with Crippen molar-refractivity contribution < 1.29 is 9.13 Å². The van der Waals surface area contributed by atoms with Gasteiger partial charge in [0, 0.05) is 87.4 Å². The molecule has 13 heteroatoms. The Labute approximate surface area is 312 Å². The number of ether oxygens (including phenoxy) is 1. The zero-order chi connectivity index (χ0) is 37.6. The average Bonchev–Trinajstić information content (AvgIpc) is 3.18. The number of pyridine rings is 3. The maximum absolute atomic E-state index is 15.5. The van der Waals surface area contributed by atoms with Crippen molar-refractivity contribution in [3.8, 4) is 16.9 Å². The number of nitrogens with one attached hydrogen (secondary N) is 1. The fraction of sp³-hybridized carbons (Fsp3) is 0.439. The number of hydrogen-bond donors (Lipinski definition) is 1. The van der Waals surface area contributed by atoms with E-state index in [2.05, 4.69) is 26.7 Å². The average molecular weight is 738 g/mol. The van der Waals surface area contributed by atoms with Crippen LogP contribution in [0.1, 0.15) is 44.6 Å². The van der Waals surface area contributed by atoms with Crippen molar-refractivity contribution in [1.82, 2.24) is 33.5 Å². The number of nitrogens with zero attached hydrogens (tertiary/aromatic N) is 6. The Morgan fingerprint density at radius 1 is 0.833 bits per heavy atom. The lowest BCUT2D eigenvalue weighted by Gasteiger charge is -2.39. The molecule has 0 saturated carbocycles. The van der Waals surface area contributed by atoms with Crippen molar-refractivity contribution in [1.29, 1.82) is 0 Å². The second kappa shape index (κ2) is 16.9. The largest absolute Gasteiger partial charge is 0.487 e. The van der Waals surface area contributed by atoms with Crippen LogP contribution in [0.4, 0.5) is 4.39 Å². The predicted molar refractivity (Wildman–Crippen MR) is 207 cm³/mol. The van der Waals surface area contributed by atoms with Crippen LogP contribution in [0.25, 0.3) is 21.9 Å². The molecule has 5 aromatic rings. The molecule has 12 nitrogen and oxygen atoms in total. The third-order valence-corrected chi connectivity index (χ3v) is 10.9. The predicted octanol–water partition coefficient (Wildman–Crippen LogP) is 4.13. The Kier molecular flexibility index (Phi) is 11.6. The number of fused-ring (bicyclic) bond motifs is 1. The summed E-state index contributed by atoms with van der Waals surface area (Å²) >= 11 is 0. The fourth-order valence-corrected chi connectivity index (χ4v) is 7.74. The van der Waals surface area contributed by atoms with Gasteiger partial charge < -0.3 is 18.8 Å². The van der Waals surface area contributed by atoms with E-state index in [0.717, 1.165) is 74.9 Å². The van der Waals surface area contributed by atoms with Crippen LogP contribution in [-0.4, -0.2) is 85.0 Å². The maximum Gasteiger partial charge on any atom is 0.328 e. The smallest absolute Gasteiger partial charge is 0.328 e. The highest BCUT2D eigenvalue weighted by Crippen LogP contribution is 2.30. The lowest BCUT2D eigenvalue weighted by Crippen LogP contribution is -2.49. The summed E-state index contributed by atoms with van der Waals surface area (Å²) in [4.78, 5) is 60.6. The lowest BCUT2D eigenvalue weighted by atomic mass is 9.94. The molecule has 0 aliphatic carbocycles. The molecule has 6 heterocycles. The van der Waals surface area contributed by atoms with E-state index in [1.165, 1.54) is 16.8 Å². The van der Waals surface area contributed by atoms with Crippen molar-refractivity contribution in [3.05, 3.63) is 127 Å². The molecule has 4 aromatic heterocycles. The SMILES string of the molecule is CCCCn1cc(-c2ccc(O[C@H]3CCN(CC4CCN(CCn5cccc(Cn6ccc(=O)[nH]c6=O)c5=O)CC4)C[C@@H]3F)cc2)c2ccncc2c1=O. The van der Waals surface area contributed by atoms with Gasteiger partial charge in [-0.05, 0) is 79.9 Å². The van der Waals surface area contributed by atoms with Crippen molar-refractivity contribution in [3.63, 3.8) is 0 Å². The number of rotatable bonds is 13. The van der Waals surface area contributed by atoms with E-state index < -0.39 is 23.5 Å². The summed E-state index contributed by atoms with van der Waals surface area (Å²) in [6, 6.07) is 14.4. The fourth-order valence-electron chi connectivity index (χ4n) is 7.74. The third-order valence-electron chi connectivity index (χ3n) is 10.9. The minimum atomic E-state index is -1.09. The molecule has 2 aliphatic heterocycles. The third kappa shape index (κ3) is 8.63. The first kappa shape index (κ1) is 37.2. The van der Waals surface area contributed by atoms with Crippen molar-refractivity contribution >= 4 is 10.8 Å². The van der Waals surface area contributed by atoms with Crippen molar-refractivity contribution in [2.45, 2.75) is 70.9 Å². The molecule has 0 unspecified atom stereocenters. The maximum atomic E-state index is 15.5. The Morgan fingerprint density at radius 2 is 1.63 bits per heavy atom. The van der Waals surface area contributed by atoms with E-state index in [1.54, 1.807) is 33.8 Å². The monoisotopic (exact) mass is 737 g/mol. The van der Waals surface area contributed by atoms with Crippen LogP contribution >= 0.6 is 0 Å². The second-order valence-electron chi connectivity index (χ2n) is 14.6. The van der Waals surface area contributed by atoms with Crippen LogP contribution in [0.2, 0.25) is 0 Å². The molecule has 0 amide bonds. The quantitative estimate of drug-likeness (QED) is 0.191. The number of hydrogen-bond acceptors (Lipinski definition) is 8. The number of likely N-dealkylation sites (tertiary alicyclic amines) is 2. The summed E-state index contributed by atoms with van der Waals surface area (Å²) in [5, 5.41) is 1.46. The van der Waals surface area contributed by atoms with Crippen LogP contribution in [0.3, 0.4) is 0 Å². The van der Waals surface area contributed by atoms with Crippen LogP contribution in [0.15, 0.2) is 98.7 Å². The first-order valence-corrected chi connectivity index (χ1v) is 19.1. The molecule has 2 fully saturated rings. The Hall–Kier alpha value is -5.14. The number of aromatic nitrogens is 5. The summed E-state index contributed by atoms with van der Waals surface area (Å²) in [6.45, 7) is 7.98. The number of H-pyrrole nitrogens is 1. The van der Waals surface area contributed by atoms with Gasteiger partial charge in [0.25, 0.3) is 16.7 Å². The normalized spacial score (nSPS) is 18.6. The molecule has 2 saturated heterocycles. The first-order valence-electron chi connectivity index (χ1n) is 19.1. The summed E-state index contributed by atoms with van der Waals surface area (Å²) in [6.07, 6.45) is 11.4. The van der Waals surface area contributed by atoms with Crippen molar-refractivity contribution in [2.75, 3.05) is 39.3 Å². The van der Waals surface area contributed by atoms with Crippen LogP contribution < -0.4 is 27.1 Å². The van der Waals surface area contributed by atoms with Gasteiger partial charge in [0.05, 0.1) is 11.9 Å². The lowest BCUT2D eigenvalue weighted by molar-refractivity contribution is 0.0122. The molecule has 0 radical (unpaired) electrons. The van der Waals surface area contributed by atoms with Crippen LogP contribution in [-0.2, 0) is 19.6 Å². The number of aryl methyl sites for hydroxylation is 1. The molecule has 2 aliphatic rings. The van der Waals surface area contributed by atoms with E-state index in [0.29, 0.717) is 48.7 Å². The standard InChI is InChI=1S/C41H48FN7O5/c1-2-3-16-48-27-35(33-10-15-43-24-34(33)40(48)52)30-6-8-32(9-7-30)54-37-13-20-46(28-36(37)42)25-29-11-18-45(19-12-29)22-23-47-17-4-5-31(39(47)51)26-49-21-14-38(50)44-41(49)53/h4-10,14-15,17,21,24,27,29,36-37H,2-3,11-13,16,18-20,22-23,25-26,28H2,1H3,(H,44,50,53)/t36-,37-/m0/s1.